The fourth-order valence-electron chi connectivity index (χ4n) is 14.7. The average Bonchev–Trinajstić information content (AvgIpc) is 1.57. The van der Waals surface area contributed by atoms with Gasteiger partial charge in [0.25, 0.3) is 10.1 Å². The molecule has 0 saturated heterocycles. The zero-order chi connectivity index (χ0) is 67.7. The van der Waals surface area contributed by atoms with Gasteiger partial charge in [0.2, 0.25) is 11.6 Å². The number of nitrogens with two attached hydrogens (primary N) is 4. The number of carbonyl (C=O) groups excluding carboxylic acids is 2. The maximum absolute atomic E-state index is 12.1. The van der Waals surface area contributed by atoms with Crippen molar-refractivity contribution in [1.29, 1.82) is 0 Å². The van der Waals surface area contributed by atoms with Crippen molar-refractivity contribution in [2.75, 3.05) is 22.9 Å². The van der Waals surface area contributed by atoms with Crippen molar-refractivity contribution in [3.05, 3.63) is 217 Å². The monoisotopic (exact) mass is 1340 g/mol. The standard InChI is InChI=1S/C30H14N4O6S2.C30H14N4.C12H6O2.C6H10N4/c35-39-40-41-23-9-7-17-25-13(23)3-1-5-15(25)27-29(17)33-21-12-20-22(11-19(21)31-27)34-30-18-8-10-24(42(36,37)38)14-4-2-6-16(26(14)18)28(30)32-20;1-5-15-6-2-10-18-25(15)17(9-1)27-28(18)32-22-14-24-23(13-21(22)31-27)33-29-19-11-3-7-16-8-4-12-20(26(16)19)30(29)34-24;13-11-8-5-1-3-7-4-2-6-9(10(7)8)12(11)14;7-3-1-4(8)6(10)2-5(3)9/h1-12,35H,(H,36,37,38);1-14H;1-6H;1-2H,7-10H2. The highest BCUT2D eigenvalue weighted by atomic mass is 32.2. The second-order valence-corrected chi connectivity index (χ2v) is 26.8. The molecule has 0 radical (unpaired) electrons. The minimum absolute atomic E-state index is 0.149. The number of rotatable bonds is 4. The molecule has 0 fully saturated rings. The highest BCUT2D eigenvalue weighted by molar-refractivity contribution is 7.94. The van der Waals surface area contributed by atoms with Crippen LogP contribution in [0.2, 0.25) is 0 Å². The van der Waals surface area contributed by atoms with Crippen molar-refractivity contribution in [2.24, 2.45) is 0 Å². The first kappa shape index (κ1) is 58.5. The number of Topliss-reactive ketones (excluding diaryl/α,β-unsaturated/α-hetero) is 2. The van der Waals surface area contributed by atoms with Crippen LogP contribution in [0.5, 0.6) is 0 Å². The van der Waals surface area contributed by atoms with Crippen LogP contribution >= 0.6 is 12.0 Å². The Balaban J connectivity index is 0.000000106. The minimum Gasteiger partial charge on any atom is -0.397 e. The lowest BCUT2D eigenvalue weighted by molar-refractivity contribution is -0.432. The van der Waals surface area contributed by atoms with Crippen molar-refractivity contribution >= 4 is 154 Å². The van der Waals surface area contributed by atoms with E-state index in [1.165, 1.54) is 27.6 Å². The second kappa shape index (κ2) is 21.6. The third-order valence-corrected chi connectivity index (χ3v) is 20.6. The van der Waals surface area contributed by atoms with Crippen molar-refractivity contribution < 1.29 is 37.2 Å². The number of ketones is 2. The number of benzene rings is 13. The third-order valence-electron chi connectivity index (χ3n) is 19.1. The van der Waals surface area contributed by atoms with Crippen molar-refractivity contribution in [1.82, 2.24) is 39.9 Å². The molecule has 0 saturated carbocycles. The second-order valence-electron chi connectivity index (χ2n) is 24.6. The summed E-state index contributed by atoms with van der Waals surface area (Å²) >= 11 is 0.912. The number of anilines is 4. The molecule has 0 spiro atoms. The van der Waals surface area contributed by atoms with Crippen LogP contribution in [0.3, 0.4) is 0 Å². The lowest BCUT2D eigenvalue weighted by Gasteiger charge is -2.07. The Morgan fingerprint density at radius 3 is 0.920 bits per heavy atom. The van der Waals surface area contributed by atoms with E-state index in [0.29, 0.717) is 78.1 Å². The summed E-state index contributed by atoms with van der Waals surface area (Å²) in [6.07, 6.45) is 0. The van der Waals surface area contributed by atoms with Gasteiger partial charge in [0, 0.05) is 92.8 Å². The van der Waals surface area contributed by atoms with Crippen LogP contribution in [0.1, 0.15) is 20.7 Å². The normalized spacial score (nSPS) is 12.7. The molecule has 4 heterocycles. The number of carbonyl (C=O) groups is 2. The van der Waals surface area contributed by atoms with Crippen molar-refractivity contribution in [3.63, 3.8) is 0 Å². The zero-order valence-corrected chi connectivity index (χ0v) is 53.3. The van der Waals surface area contributed by atoms with Crippen LogP contribution in [0.15, 0.2) is 216 Å². The summed E-state index contributed by atoms with van der Waals surface area (Å²) in [6.45, 7) is 0. The number of aromatic nitrogens is 8. The molecule has 0 amide bonds. The molecule has 0 unspecified atom stereocenters. The summed E-state index contributed by atoms with van der Waals surface area (Å²) in [5.74, 6) is -0.756. The summed E-state index contributed by atoms with van der Waals surface area (Å²) in [4.78, 5) is 64.0. The Bertz CT molecular complexity index is 6350. The predicted molar refractivity (Wildman–Crippen MR) is 390 cm³/mol. The van der Waals surface area contributed by atoms with Gasteiger partial charge in [-0.2, -0.15) is 8.42 Å². The van der Waals surface area contributed by atoms with E-state index in [2.05, 4.69) is 77.8 Å². The van der Waals surface area contributed by atoms with Crippen LogP contribution in [0.25, 0.3) is 188 Å². The fourth-order valence-corrected chi connectivity index (χ4v) is 15.9. The van der Waals surface area contributed by atoms with E-state index >= 15 is 0 Å². The van der Waals surface area contributed by atoms with Crippen LogP contribution in [-0.2, 0) is 19.5 Å². The Hall–Kier alpha value is -12.8. The Morgan fingerprint density at radius 2 is 0.590 bits per heavy atom. The molecule has 17 aromatic rings. The van der Waals surface area contributed by atoms with Gasteiger partial charge in [-0.25, -0.2) is 45.1 Å². The predicted octanol–water partition coefficient (Wildman–Crippen LogP) is 16.3. The molecule has 22 rings (SSSR count). The maximum Gasteiger partial charge on any atom is 0.295 e. The van der Waals surface area contributed by atoms with Gasteiger partial charge in [-0.05, 0) is 70.1 Å². The molecule has 10 N–H and O–H groups in total. The first-order valence-electron chi connectivity index (χ1n) is 31.3. The fraction of sp³-hybridized carbons (Fsp3) is 0. The van der Waals surface area contributed by atoms with E-state index in [1.807, 2.05) is 72.8 Å². The largest absolute Gasteiger partial charge is 0.397 e. The molecule has 20 nitrogen and oxygen atoms in total. The average molecular weight is 1340 g/mol. The first-order chi connectivity index (χ1) is 48.6. The number of nitrogens with zero attached hydrogens (tertiary/aromatic N) is 8. The van der Waals surface area contributed by atoms with Crippen LogP contribution < -0.4 is 22.9 Å². The molecule has 0 atom stereocenters. The summed E-state index contributed by atoms with van der Waals surface area (Å²) < 4.78 is 38.6. The molecular weight excluding hydrogens is 1300 g/mol. The van der Waals surface area contributed by atoms with Gasteiger partial charge in [0.15, 0.2) is 0 Å². The topological polar surface area (TPSA) is 334 Å². The van der Waals surface area contributed by atoms with E-state index in [9.17, 15) is 22.6 Å². The van der Waals surface area contributed by atoms with Gasteiger partial charge in [-0.15, -0.1) is 4.33 Å². The molecule has 5 aliphatic carbocycles. The zero-order valence-electron chi connectivity index (χ0n) is 51.7. The van der Waals surface area contributed by atoms with E-state index in [0.717, 1.165) is 139 Å². The number of nitrogen functional groups attached to an aromatic ring is 4. The van der Waals surface area contributed by atoms with Gasteiger partial charge in [0.05, 0.1) is 124 Å². The van der Waals surface area contributed by atoms with Gasteiger partial charge in [-0.3, -0.25) is 14.1 Å². The van der Waals surface area contributed by atoms with Crippen molar-refractivity contribution in [3.8, 4) is 90.1 Å². The summed E-state index contributed by atoms with van der Waals surface area (Å²) in [5.41, 5.74) is 45.2. The molecule has 476 valence electrons. The summed E-state index contributed by atoms with van der Waals surface area (Å²) in [7, 11) is -4.41. The van der Waals surface area contributed by atoms with Crippen molar-refractivity contribution in [2.45, 2.75) is 9.79 Å². The van der Waals surface area contributed by atoms with Gasteiger partial charge < -0.3 is 22.9 Å². The minimum atomic E-state index is -4.41. The van der Waals surface area contributed by atoms with Gasteiger partial charge in [-0.1, -0.05) is 163 Å². The quantitative estimate of drug-likeness (QED) is 0.0181. The third kappa shape index (κ3) is 8.72. The highest BCUT2D eigenvalue weighted by Gasteiger charge is 2.33. The molecule has 4 aromatic heterocycles. The molecule has 22 heteroatoms. The highest BCUT2D eigenvalue weighted by Crippen LogP contribution is 2.52. The maximum atomic E-state index is 12.1. The van der Waals surface area contributed by atoms with E-state index < -0.39 is 10.1 Å². The first-order valence-corrected chi connectivity index (χ1v) is 33.5. The van der Waals surface area contributed by atoms with Crippen LogP contribution in [0, 0.1) is 0 Å². The number of fused-ring (bicyclic) bond motifs is 16. The molecule has 5 aliphatic rings. The molecule has 0 aliphatic heterocycles. The SMILES string of the molecule is Nc1cc(N)c(N)cc1N.O=C1C(=O)c2cccc3cccc1c23.O=S(=O)(O)c1ccc2c3c(cccc13)-c1nc3cc4nc5c(nc4cc3nc1-2)-c1cccc2c(SOOO)ccc-5c12.c1cc2c3c(cccc3c1)-c1nc3cc4nc5c(nc4cc3nc1-2)-c1cccc2cccc-5c12. The Labute approximate surface area is 568 Å². The molecule has 100 heavy (non-hydrogen) atoms. The smallest absolute Gasteiger partial charge is 0.295 e. The Kier molecular flexibility index (Phi) is 12.6. The van der Waals surface area contributed by atoms with Crippen LogP contribution in [-0.4, -0.2) is 69.7 Å². The molecule has 13 aromatic carbocycles. The van der Waals surface area contributed by atoms with Crippen LogP contribution in [0.4, 0.5) is 22.7 Å². The van der Waals surface area contributed by atoms with Gasteiger partial charge in [0.1, 0.15) is 4.90 Å². The van der Waals surface area contributed by atoms with E-state index in [4.69, 9.17) is 72.4 Å². The summed E-state index contributed by atoms with van der Waals surface area (Å²) in [6, 6.07) is 65.4. The number of hydrogen-bond acceptors (Lipinski definition) is 20. The molecule has 0 bridgehead atoms. The molecular formula is C78H44N12O8S2. The van der Waals surface area contributed by atoms with Gasteiger partial charge >= 0.3 is 0 Å². The Morgan fingerprint density at radius 1 is 0.320 bits per heavy atom. The van der Waals surface area contributed by atoms with E-state index in [-0.39, 0.29) is 16.5 Å². The lowest BCUT2D eigenvalue weighted by Crippen LogP contribution is -2.05. The lowest BCUT2D eigenvalue weighted by atomic mass is 10.0. The summed E-state index contributed by atoms with van der Waals surface area (Å²) in [5, 5.41) is 22.1. The number of hydrogen-bond donors (Lipinski definition) is 6. The van der Waals surface area contributed by atoms with E-state index in [1.54, 1.807) is 54.6 Å².